The minimum atomic E-state index is -0.736. The predicted octanol–water partition coefficient (Wildman–Crippen LogP) is 2.65. The Balaban J connectivity index is 3.48. The number of nitrogens with two attached hydrogens (primary N) is 1. The molecule has 14 heavy (non-hydrogen) atoms. The molecule has 1 aromatic rings. The van der Waals surface area contributed by atoms with E-state index >= 15 is 0 Å². The summed E-state index contributed by atoms with van der Waals surface area (Å²) in [6, 6.07) is 0.180. The fourth-order valence-electron chi connectivity index (χ4n) is 1.21. The highest BCUT2D eigenvalue weighted by molar-refractivity contribution is 6.30. The maximum Gasteiger partial charge on any atom is 0.167 e. The zero-order valence-corrected chi connectivity index (χ0v) is 8.53. The summed E-state index contributed by atoms with van der Waals surface area (Å²) in [5.41, 5.74) is 5.44. The van der Waals surface area contributed by atoms with E-state index in [0.717, 1.165) is 6.07 Å². The van der Waals surface area contributed by atoms with E-state index in [1.165, 1.54) is 14.0 Å². The molecule has 0 radical (unpaired) electrons. The molecule has 0 heterocycles. The van der Waals surface area contributed by atoms with E-state index in [1.807, 2.05) is 0 Å². The van der Waals surface area contributed by atoms with E-state index in [1.54, 1.807) is 0 Å². The molecule has 0 bridgehead atoms. The first kappa shape index (κ1) is 11.2. The number of rotatable bonds is 2. The van der Waals surface area contributed by atoms with E-state index in [4.69, 9.17) is 22.1 Å². The minimum Gasteiger partial charge on any atom is -0.493 e. The monoisotopic (exact) mass is 221 g/mol. The summed E-state index contributed by atoms with van der Waals surface area (Å²) in [6.45, 7) is 1.52. The summed E-state index contributed by atoms with van der Waals surface area (Å²) in [7, 11) is 1.25. The van der Waals surface area contributed by atoms with Gasteiger partial charge in [0.25, 0.3) is 0 Å². The quantitative estimate of drug-likeness (QED) is 0.780. The molecule has 2 N–H and O–H groups in total. The Morgan fingerprint density at radius 3 is 2.50 bits per heavy atom. The van der Waals surface area contributed by atoms with Crippen LogP contribution >= 0.6 is 11.6 Å². The number of methoxy groups -OCH3 is 1. The lowest BCUT2D eigenvalue weighted by molar-refractivity contribution is 0.373. The Morgan fingerprint density at radius 2 is 2.07 bits per heavy atom. The van der Waals surface area contributed by atoms with E-state index in [-0.39, 0.29) is 16.3 Å². The van der Waals surface area contributed by atoms with Crippen molar-refractivity contribution in [1.29, 1.82) is 0 Å². The Hall–Kier alpha value is -0.870. The molecule has 0 aromatic heterocycles. The SMILES string of the molecule is COc1c(F)cc(Cl)c(F)c1C(C)N. The van der Waals surface area contributed by atoms with Crippen LogP contribution in [0.2, 0.25) is 5.02 Å². The third-order valence-electron chi connectivity index (χ3n) is 1.82. The van der Waals surface area contributed by atoms with Crippen LogP contribution in [-0.4, -0.2) is 7.11 Å². The number of benzene rings is 1. The van der Waals surface area contributed by atoms with E-state index in [9.17, 15) is 8.78 Å². The Morgan fingerprint density at radius 1 is 1.50 bits per heavy atom. The van der Waals surface area contributed by atoms with Gasteiger partial charge in [-0.1, -0.05) is 11.6 Å². The first-order valence-corrected chi connectivity index (χ1v) is 4.33. The molecule has 2 nitrogen and oxygen atoms in total. The molecule has 0 aliphatic rings. The molecule has 1 atom stereocenters. The van der Waals surface area contributed by atoms with Gasteiger partial charge in [-0.05, 0) is 13.0 Å². The van der Waals surface area contributed by atoms with Gasteiger partial charge >= 0.3 is 0 Å². The van der Waals surface area contributed by atoms with Gasteiger partial charge in [0, 0.05) is 6.04 Å². The number of ether oxygens (including phenoxy) is 1. The van der Waals surface area contributed by atoms with Crippen LogP contribution < -0.4 is 10.5 Å². The topological polar surface area (TPSA) is 35.2 Å². The molecule has 0 fully saturated rings. The van der Waals surface area contributed by atoms with Crippen molar-refractivity contribution in [3.8, 4) is 5.75 Å². The molecule has 5 heteroatoms. The van der Waals surface area contributed by atoms with Gasteiger partial charge in [-0.15, -0.1) is 0 Å². The van der Waals surface area contributed by atoms with Crippen molar-refractivity contribution in [1.82, 2.24) is 0 Å². The highest BCUT2D eigenvalue weighted by atomic mass is 35.5. The summed E-state index contributed by atoms with van der Waals surface area (Å²) in [5, 5.41) is -0.296. The van der Waals surface area contributed by atoms with Crippen LogP contribution in [0.25, 0.3) is 0 Å². The molecular weight excluding hydrogens is 212 g/mol. The maximum atomic E-state index is 13.4. The zero-order chi connectivity index (χ0) is 10.9. The van der Waals surface area contributed by atoms with Crippen LogP contribution in [0.15, 0.2) is 6.07 Å². The van der Waals surface area contributed by atoms with Crippen LogP contribution in [-0.2, 0) is 0 Å². The Labute approximate surface area is 85.6 Å². The summed E-state index contributed by atoms with van der Waals surface area (Å²) in [4.78, 5) is 0. The molecule has 0 aliphatic carbocycles. The lowest BCUT2D eigenvalue weighted by Crippen LogP contribution is -2.11. The lowest BCUT2D eigenvalue weighted by atomic mass is 10.1. The van der Waals surface area contributed by atoms with Crippen molar-refractivity contribution in [2.24, 2.45) is 5.73 Å². The van der Waals surface area contributed by atoms with Gasteiger partial charge in [0.2, 0.25) is 0 Å². The van der Waals surface area contributed by atoms with Crippen molar-refractivity contribution in [3.63, 3.8) is 0 Å². The minimum absolute atomic E-state index is 0.0440. The summed E-state index contributed by atoms with van der Waals surface area (Å²) >= 11 is 5.47. The van der Waals surface area contributed by atoms with Crippen molar-refractivity contribution in [2.75, 3.05) is 7.11 Å². The van der Waals surface area contributed by atoms with Gasteiger partial charge in [-0.3, -0.25) is 0 Å². The van der Waals surface area contributed by atoms with Crippen LogP contribution in [0.4, 0.5) is 8.78 Å². The molecule has 0 saturated carbocycles. The van der Waals surface area contributed by atoms with Crippen LogP contribution in [0.1, 0.15) is 18.5 Å². The first-order chi connectivity index (χ1) is 6.49. The smallest absolute Gasteiger partial charge is 0.167 e. The second kappa shape index (κ2) is 4.11. The predicted molar refractivity (Wildman–Crippen MR) is 50.5 cm³/mol. The van der Waals surface area contributed by atoms with Gasteiger partial charge in [0.05, 0.1) is 17.7 Å². The second-order valence-electron chi connectivity index (χ2n) is 2.89. The van der Waals surface area contributed by atoms with Crippen molar-refractivity contribution in [3.05, 3.63) is 28.3 Å². The Kier molecular flexibility index (Phi) is 3.29. The fraction of sp³-hybridized carbons (Fsp3) is 0.333. The Bertz CT molecular complexity index is 355. The third kappa shape index (κ3) is 1.81. The number of halogens is 3. The second-order valence-corrected chi connectivity index (χ2v) is 3.30. The van der Waals surface area contributed by atoms with E-state index in [0.29, 0.717) is 0 Å². The largest absolute Gasteiger partial charge is 0.493 e. The van der Waals surface area contributed by atoms with Crippen LogP contribution in [0.5, 0.6) is 5.75 Å². The first-order valence-electron chi connectivity index (χ1n) is 3.96. The molecule has 0 aliphatic heterocycles. The molecular formula is C9H10ClF2NO. The number of hydrogen-bond donors (Lipinski definition) is 1. The molecule has 0 amide bonds. The highest BCUT2D eigenvalue weighted by Gasteiger charge is 2.20. The molecule has 1 aromatic carbocycles. The average molecular weight is 222 g/mol. The van der Waals surface area contributed by atoms with Gasteiger partial charge in [-0.2, -0.15) is 0 Å². The third-order valence-corrected chi connectivity index (χ3v) is 2.10. The van der Waals surface area contributed by atoms with Crippen LogP contribution in [0, 0.1) is 11.6 Å². The fourth-order valence-corrected chi connectivity index (χ4v) is 1.41. The van der Waals surface area contributed by atoms with Crippen LogP contribution in [0.3, 0.4) is 0 Å². The summed E-state index contributed by atoms with van der Waals surface area (Å²) < 4.78 is 31.4. The molecule has 0 saturated heterocycles. The summed E-state index contributed by atoms with van der Waals surface area (Å²) in [5.74, 6) is -1.65. The zero-order valence-electron chi connectivity index (χ0n) is 7.77. The lowest BCUT2D eigenvalue weighted by Gasteiger charge is -2.14. The standard InChI is InChI=1S/C9H10ClF2NO/c1-4(13)7-8(12)5(10)3-6(11)9(7)14-2/h3-4H,13H2,1-2H3. The van der Waals surface area contributed by atoms with Gasteiger partial charge in [0.1, 0.15) is 5.82 Å². The molecule has 0 spiro atoms. The van der Waals surface area contributed by atoms with E-state index in [2.05, 4.69) is 0 Å². The normalized spacial score (nSPS) is 12.7. The van der Waals surface area contributed by atoms with Crippen molar-refractivity contribution in [2.45, 2.75) is 13.0 Å². The summed E-state index contributed by atoms with van der Waals surface area (Å²) in [6.07, 6.45) is 0. The van der Waals surface area contributed by atoms with Gasteiger partial charge in [0.15, 0.2) is 11.6 Å². The number of hydrogen-bond acceptors (Lipinski definition) is 2. The van der Waals surface area contributed by atoms with Crippen molar-refractivity contribution < 1.29 is 13.5 Å². The van der Waals surface area contributed by atoms with Gasteiger partial charge < -0.3 is 10.5 Å². The maximum absolute atomic E-state index is 13.4. The molecule has 78 valence electrons. The van der Waals surface area contributed by atoms with Gasteiger partial charge in [-0.25, -0.2) is 8.78 Å². The van der Waals surface area contributed by atoms with Crippen molar-refractivity contribution >= 4 is 11.6 Å². The van der Waals surface area contributed by atoms with E-state index < -0.39 is 17.7 Å². The molecule has 1 unspecified atom stereocenters. The average Bonchev–Trinajstić information content (AvgIpc) is 2.10. The molecule has 1 rings (SSSR count). The highest BCUT2D eigenvalue weighted by Crippen LogP contribution is 2.33.